The molecule has 0 unspecified atom stereocenters. The predicted molar refractivity (Wildman–Crippen MR) is 110 cm³/mol. The zero-order chi connectivity index (χ0) is 21.3. The van der Waals surface area contributed by atoms with Crippen LogP contribution in [0.4, 0.5) is 5.82 Å². The summed E-state index contributed by atoms with van der Waals surface area (Å²) in [6, 6.07) is 3.85. The fraction of sp³-hybridized carbons (Fsp3) is 0.579. The smallest absolute Gasteiger partial charge is 0.225 e. The molecule has 0 radical (unpaired) electrons. The molecule has 1 amide bonds. The van der Waals surface area contributed by atoms with Crippen LogP contribution in [0.3, 0.4) is 0 Å². The van der Waals surface area contributed by atoms with Gasteiger partial charge < -0.3 is 14.3 Å². The van der Waals surface area contributed by atoms with Gasteiger partial charge in [0, 0.05) is 63.9 Å². The van der Waals surface area contributed by atoms with Gasteiger partial charge in [0.25, 0.3) is 0 Å². The number of piperazine rings is 1. The Bertz CT molecular complexity index is 990. The van der Waals surface area contributed by atoms with Crippen LogP contribution in [0, 0.1) is 12.8 Å². The Balaban J connectivity index is 1.30. The second kappa shape index (κ2) is 8.31. The van der Waals surface area contributed by atoms with Gasteiger partial charge in [-0.05, 0) is 25.0 Å². The third-order valence-corrected chi connectivity index (χ3v) is 7.02. The molecule has 10 nitrogen and oxygen atoms in total. The Morgan fingerprint density at radius 3 is 2.33 bits per heavy atom. The van der Waals surface area contributed by atoms with E-state index in [2.05, 4.69) is 20.0 Å². The van der Waals surface area contributed by atoms with E-state index >= 15 is 0 Å². The van der Waals surface area contributed by atoms with Crippen molar-refractivity contribution in [2.75, 3.05) is 50.4 Å². The van der Waals surface area contributed by atoms with Crippen molar-refractivity contribution in [1.29, 1.82) is 0 Å². The normalized spacial score (nSPS) is 19.3. The Hall–Kier alpha value is -2.53. The van der Waals surface area contributed by atoms with Crippen LogP contribution in [0.25, 0.3) is 11.4 Å². The van der Waals surface area contributed by atoms with Crippen molar-refractivity contribution in [2.45, 2.75) is 19.8 Å². The summed E-state index contributed by atoms with van der Waals surface area (Å²) in [4.78, 5) is 25.6. The molecule has 4 rings (SSSR count). The van der Waals surface area contributed by atoms with E-state index in [0.29, 0.717) is 63.8 Å². The summed E-state index contributed by atoms with van der Waals surface area (Å²) in [6.07, 6.45) is 4.13. The first-order chi connectivity index (χ1) is 14.3. The van der Waals surface area contributed by atoms with Crippen molar-refractivity contribution in [3.05, 3.63) is 24.2 Å². The van der Waals surface area contributed by atoms with Crippen molar-refractivity contribution >= 4 is 21.7 Å². The lowest BCUT2D eigenvalue weighted by Crippen LogP contribution is -2.52. The minimum absolute atomic E-state index is 0.0922. The van der Waals surface area contributed by atoms with E-state index in [-0.39, 0.29) is 11.8 Å². The van der Waals surface area contributed by atoms with Crippen molar-refractivity contribution in [2.24, 2.45) is 5.92 Å². The third kappa shape index (κ3) is 4.46. The van der Waals surface area contributed by atoms with Crippen molar-refractivity contribution in [3.63, 3.8) is 0 Å². The van der Waals surface area contributed by atoms with E-state index in [1.807, 2.05) is 17.0 Å². The van der Waals surface area contributed by atoms with Crippen LogP contribution in [0.2, 0.25) is 0 Å². The molecule has 0 N–H and O–H groups in total. The summed E-state index contributed by atoms with van der Waals surface area (Å²) < 4.78 is 29.8. The fourth-order valence-corrected chi connectivity index (χ4v) is 4.84. The number of aromatic nitrogens is 3. The third-order valence-electron chi connectivity index (χ3n) is 5.72. The maximum Gasteiger partial charge on any atom is 0.225 e. The number of nitrogens with zero attached hydrogens (tertiary/aromatic N) is 6. The van der Waals surface area contributed by atoms with Crippen molar-refractivity contribution in [3.8, 4) is 11.4 Å². The molecule has 0 spiro atoms. The predicted octanol–water partition coefficient (Wildman–Crippen LogP) is 0.760. The van der Waals surface area contributed by atoms with Crippen LogP contribution in [-0.4, -0.2) is 84.2 Å². The number of hydrogen-bond donors (Lipinski definition) is 0. The number of anilines is 1. The van der Waals surface area contributed by atoms with Crippen LogP contribution >= 0.6 is 0 Å². The number of pyridine rings is 1. The van der Waals surface area contributed by atoms with Crippen LogP contribution < -0.4 is 4.90 Å². The quantitative estimate of drug-likeness (QED) is 0.693. The Kier molecular flexibility index (Phi) is 5.74. The van der Waals surface area contributed by atoms with Gasteiger partial charge in [-0.2, -0.15) is 4.98 Å². The molecule has 2 saturated heterocycles. The summed E-state index contributed by atoms with van der Waals surface area (Å²) in [7, 11) is -3.18. The van der Waals surface area contributed by atoms with Crippen LogP contribution in [0.15, 0.2) is 22.9 Å². The van der Waals surface area contributed by atoms with E-state index in [1.54, 1.807) is 13.1 Å². The minimum Gasteiger partial charge on any atom is -0.353 e. The van der Waals surface area contributed by atoms with Crippen LogP contribution in [-0.2, 0) is 14.8 Å². The largest absolute Gasteiger partial charge is 0.353 e. The zero-order valence-electron chi connectivity index (χ0n) is 17.2. The van der Waals surface area contributed by atoms with Crippen molar-refractivity contribution < 1.29 is 17.7 Å². The average molecular weight is 435 g/mol. The van der Waals surface area contributed by atoms with Gasteiger partial charge in [-0.15, -0.1) is 0 Å². The number of aryl methyl sites for hydroxylation is 1. The molecular formula is C19H26N6O4S. The molecule has 4 heterocycles. The monoisotopic (exact) mass is 434 g/mol. The van der Waals surface area contributed by atoms with Crippen molar-refractivity contribution in [1.82, 2.24) is 24.3 Å². The fourth-order valence-electron chi connectivity index (χ4n) is 3.97. The van der Waals surface area contributed by atoms with Gasteiger partial charge in [0.1, 0.15) is 5.82 Å². The summed E-state index contributed by atoms with van der Waals surface area (Å²) in [5.74, 6) is 1.93. The SMILES string of the molecule is Cc1nc(-c2ccc(N3CCN(C(=O)C4CCN(S(C)(=O)=O)CC4)CC3)nc2)no1. The number of sulfonamides is 1. The van der Waals surface area contributed by atoms with Gasteiger partial charge in [0.15, 0.2) is 0 Å². The molecule has 0 atom stereocenters. The van der Waals surface area contributed by atoms with Gasteiger partial charge >= 0.3 is 0 Å². The molecule has 0 aromatic carbocycles. The number of carbonyl (C=O) groups excluding carboxylic acids is 1. The van der Waals surface area contributed by atoms with E-state index < -0.39 is 10.0 Å². The molecule has 2 aliphatic heterocycles. The molecule has 0 bridgehead atoms. The highest BCUT2D eigenvalue weighted by Crippen LogP contribution is 2.23. The standard InChI is InChI=1S/C19H26N6O4S/c1-14-21-18(22-29-14)16-3-4-17(20-13-16)23-9-11-24(12-10-23)19(26)15-5-7-25(8-6-15)30(2,27)28/h3-4,13,15H,5-12H2,1-2H3. The topological polar surface area (TPSA) is 113 Å². The van der Waals surface area contributed by atoms with E-state index in [4.69, 9.17) is 4.52 Å². The molecule has 2 aliphatic rings. The molecule has 30 heavy (non-hydrogen) atoms. The number of carbonyl (C=O) groups is 1. The van der Waals surface area contributed by atoms with Crippen LogP contribution in [0.5, 0.6) is 0 Å². The highest BCUT2D eigenvalue weighted by molar-refractivity contribution is 7.88. The number of rotatable bonds is 4. The van der Waals surface area contributed by atoms with Gasteiger partial charge in [0.05, 0.1) is 6.26 Å². The highest BCUT2D eigenvalue weighted by Gasteiger charge is 2.32. The lowest BCUT2D eigenvalue weighted by Gasteiger charge is -2.38. The molecule has 11 heteroatoms. The van der Waals surface area contributed by atoms with E-state index in [1.165, 1.54) is 10.6 Å². The van der Waals surface area contributed by atoms with Gasteiger partial charge in [-0.3, -0.25) is 4.79 Å². The van der Waals surface area contributed by atoms with E-state index in [9.17, 15) is 13.2 Å². The highest BCUT2D eigenvalue weighted by atomic mass is 32.2. The van der Waals surface area contributed by atoms with Crippen LogP contribution in [0.1, 0.15) is 18.7 Å². The molecule has 0 aliphatic carbocycles. The second-order valence-electron chi connectivity index (χ2n) is 7.79. The molecular weight excluding hydrogens is 408 g/mol. The Morgan fingerprint density at radius 1 is 1.10 bits per heavy atom. The Morgan fingerprint density at radius 2 is 1.80 bits per heavy atom. The second-order valence-corrected chi connectivity index (χ2v) is 9.77. The minimum atomic E-state index is -3.18. The summed E-state index contributed by atoms with van der Waals surface area (Å²) in [6.45, 7) is 5.28. The number of hydrogen-bond acceptors (Lipinski definition) is 8. The maximum atomic E-state index is 12.9. The van der Waals surface area contributed by atoms with E-state index in [0.717, 1.165) is 11.4 Å². The molecule has 2 aromatic rings. The molecule has 162 valence electrons. The molecule has 2 aromatic heterocycles. The summed E-state index contributed by atoms with van der Waals surface area (Å²) >= 11 is 0. The summed E-state index contributed by atoms with van der Waals surface area (Å²) in [5.41, 5.74) is 0.796. The van der Waals surface area contributed by atoms with Gasteiger partial charge in [-0.25, -0.2) is 17.7 Å². The first-order valence-electron chi connectivity index (χ1n) is 10.1. The first-order valence-corrected chi connectivity index (χ1v) is 11.9. The Labute approximate surface area is 175 Å². The summed E-state index contributed by atoms with van der Waals surface area (Å²) in [5, 5.41) is 3.90. The molecule has 2 fully saturated rings. The maximum absolute atomic E-state index is 12.9. The van der Waals surface area contributed by atoms with Gasteiger partial charge in [0.2, 0.25) is 27.6 Å². The zero-order valence-corrected chi connectivity index (χ0v) is 18.0. The number of amides is 1. The number of piperidine rings is 1. The lowest BCUT2D eigenvalue weighted by atomic mass is 9.96. The lowest BCUT2D eigenvalue weighted by molar-refractivity contribution is -0.137. The molecule has 0 saturated carbocycles. The average Bonchev–Trinajstić information content (AvgIpc) is 3.19. The van der Waals surface area contributed by atoms with Gasteiger partial charge in [-0.1, -0.05) is 5.16 Å². The first kappa shape index (κ1) is 20.7.